The Labute approximate surface area is 72.5 Å². The van der Waals surface area contributed by atoms with Gasteiger partial charge in [0.05, 0.1) is 0 Å². The second-order valence-corrected chi connectivity index (χ2v) is 4.11. The minimum atomic E-state index is -4.04. The summed E-state index contributed by atoms with van der Waals surface area (Å²) in [6.45, 7) is 0. The Bertz CT molecular complexity index is 370. The van der Waals surface area contributed by atoms with Gasteiger partial charge in [-0.2, -0.15) is 8.42 Å². The number of carbonyl (C=O) groups is 1. The highest BCUT2D eigenvalue weighted by Crippen LogP contribution is 1.93. The molecule has 0 unspecified atom stereocenters. The maximum atomic E-state index is 10.9. The first-order valence-corrected chi connectivity index (χ1v) is 5.06. The number of hydrogen-bond acceptors (Lipinski definition) is 4. The molecular formula is C4H4ClN3O3S. The van der Waals surface area contributed by atoms with Crippen LogP contribution in [0.25, 0.3) is 0 Å². The lowest BCUT2D eigenvalue weighted by Crippen LogP contribution is -2.27. The first kappa shape index (κ1) is 9.01. The third-order valence-electron chi connectivity index (χ3n) is 0.928. The molecule has 1 aromatic rings. The molecule has 0 radical (unpaired) electrons. The van der Waals surface area contributed by atoms with Crippen molar-refractivity contribution in [2.75, 3.05) is 0 Å². The molecule has 0 aliphatic carbocycles. The van der Waals surface area contributed by atoms with Crippen molar-refractivity contribution in [1.29, 1.82) is 0 Å². The minimum Gasteiger partial charge on any atom is -0.341 e. The zero-order valence-corrected chi connectivity index (χ0v) is 7.19. The molecule has 66 valence electrons. The summed E-state index contributed by atoms with van der Waals surface area (Å²) >= 11 is 0. The number of nitrogens with zero attached hydrogens (tertiary/aromatic N) is 1. The standard InChI is InChI=1S/C4H4ClN3O3S/c5-12(10,11)8-4(9)3-6-1-2-7-3/h1-2H,(H,6,7)(H,8,9). The van der Waals surface area contributed by atoms with Gasteiger partial charge in [0, 0.05) is 23.1 Å². The highest BCUT2D eigenvalue weighted by Gasteiger charge is 2.13. The van der Waals surface area contributed by atoms with Crippen LogP contribution in [0.1, 0.15) is 10.6 Å². The average Bonchev–Trinajstić information content (AvgIpc) is 2.32. The Morgan fingerprint density at radius 2 is 2.33 bits per heavy atom. The van der Waals surface area contributed by atoms with Crippen molar-refractivity contribution in [1.82, 2.24) is 14.7 Å². The summed E-state index contributed by atoms with van der Waals surface area (Å²) in [5.74, 6) is -1.01. The number of carbonyl (C=O) groups excluding carboxylic acids is 1. The molecule has 2 N–H and O–H groups in total. The van der Waals surface area contributed by atoms with Crippen molar-refractivity contribution in [3.8, 4) is 0 Å². The first-order chi connectivity index (χ1) is 5.49. The molecule has 8 heteroatoms. The third-order valence-corrected chi connectivity index (χ3v) is 1.59. The number of imidazole rings is 1. The van der Waals surface area contributed by atoms with E-state index in [9.17, 15) is 13.2 Å². The molecule has 12 heavy (non-hydrogen) atoms. The number of H-pyrrole nitrogens is 1. The second kappa shape index (κ2) is 3.11. The molecule has 1 heterocycles. The quantitative estimate of drug-likeness (QED) is 0.650. The van der Waals surface area contributed by atoms with Gasteiger partial charge in [-0.3, -0.25) is 4.79 Å². The van der Waals surface area contributed by atoms with Crippen LogP contribution in [0, 0.1) is 0 Å². The number of hydrogen-bond donors (Lipinski definition) is 2. The molecule has 0 aliphatic heterocycles. The highest BCUT2D eigenvalue weighted by molar-refractivity contribution is 8.12. The Morgan fingerprint density at radius 3 is 2.75 bits per heavy atom. The van der Waals surface area contributed by atoms with E-state index in [2.05, 4.69) is 9.97 Å². The van der Waals surface area contributed by atoms with Gasteiger partial charge in [0.25, 0.3) is 0 Å². The van der Waals surface area contributed by atoms with Crippen LogP contribution in [0.5, 0.6) is 0 Å². The van der Waals surface area contributed by atoms with Gasteiger partial charge in [-0.1, -0.05) is 0 Å². The lowest BCUT2D eigenvalue weighted by atomic mass is 10.6. The minimum absolute atomic E-state index is 0.112. The molecule has 0 fully saturated rings. The summed E-state index contributed by atoms with van der Waals surface area (Å²) in [6.07, 6.45) is 2.70. The fourth-order valence-corrected chi connectivity index (χ4v) is 1.08. The summed E-state index contributed by atoms with van der Waals surface area (Å²) in [6, 6.07) is 0. The van der Waals surface area contributed by atoms with E-state index in [1.807, 2.05) is 0 Å². The number of aromatic nitrogens is 2. The maximum Gasteiger partial charge on any atom is 0.321 e. The molecule has 1 amide bonds. The second-order valence-electron chi connectivity index (χ2n) is 1.81. The van der Waals surface area contributed by atoms with Crippen LogP contribution in [0.3, 0.4) is 0 Å². The SMILES string of the molecule is O=C(NS(=O)(=O)Cl)c1ncc[nH]1. The van der Waals surface area contributed by atoms with Gasteiger partial charge in [-0.15, -0.1) is 0 Å². The van der Waals surface area contributed by atoms with Crippen molar-refractivity contribution in [3.05, 3.63) is 18.2 Å². The van der Waals surface area contributed by atoms with Crippen molar-refractivity contribution in [3.63, 3.8) is 0 Å². The molecular weight excluding hydrogens is 206 g/mol. The van der Waals surface area contributed by atoms with Crippen molar-refractivity contribution in [2.24, 2.45) is 0 Å². The summed E-state index contributed by atoms with van der Waals surface area (Å²) in [5.41, 5.74) is 0. The van der Waals surface area contributed by atoms with E-state index >= 15 is 0 Å². The molecule has 0 bridgehead atoms. The van der Waals surface area contributed by atoms with E-state index in [0.29, 0.717) is 0 Å². The van der Waals surface area contributed by atoms with Crippen LogP contribution in [0.2, 0.25) is 0 Å². The molecule has 0 saturated heterocycles. The van der Waals surface area contributed by atoms with Crippen molar-refractivity contribution in [2.45, 2.75) is 0 Å². The van der Waals surface area contributed by atoms with Gasteiger partial charge in [0.2, 0.25) is 0 Å². The van der Waals surface area contributed by atoms with Crippen LogP contribution in [0.15, 0.2) is 12.4 Å². The van der Waals surface area contributed by atoms with E-state index < -0.39 is 15.1 Å². The summed E-state index contributed by atoms with van der Waals surface area (Å²) in [7, 11) is 0.707. The number of rotatable bonds is 2. The van der Waals surface area contributed by atoms with Crippen molar-refractivity contribution < 1.29 is 13.2 Å². The van der Waals surface area contributed by atoms with Crippen LogP contribution in [-0.2, 0) is 9.24 Å². The zero-order chi connectivity index (χ0) is 9.19. The molecule has 0 saturated carbocycles. The van der Waals surface area contributed by atoms with Crippen LogP contribution in [-0.4, -0.2) is 24.3 Å². The van der Waals surface area contributed by atoms with Crippen LogP contribution >= 0.6 is 10.7 Å². The Balaban J connectivity index is 2.76. The number of nitrogens with one attached hydrogen (secondary N) is 2. The van der Waals surface area contributed by atoms with E-state index in [0.717, 1.165) is 0 Å². The molecule has 1 rings (SSSR count). The summed E-state index contributed by atoms with van der Waals surface area (Å²) in [5, 5.41) is 0. The molecule has 0 spiro atoms. The van der Waals surface area contributed by atoms with Gasteiger partial charge < -0.3 is 4.98 Å². The van der Waals surface area contributed by atoms with Crippen LogP contribution in [0.4, 0.5) is 0 Å². The van der Waals surface area contributed by atoms with Crippen molar-refractivity contribution >= 4 is 25.8 Å². The lowest BCUT2D eigenvalue weighted by molar-refractivity contribution is 0.0973. The van der Waals surface area contributed by atoms with Gasteiger partial charge in [0.15, 0.2) is 5.82 Å². The molecule has 6 nitrogen and oxygen atoms in total. The maximum absolute atomic E-state index is 10.9. The normalized spacial score (nSPS) is 11.1. The van der Waals surface area contributed by atoms with E-state index in [1.54, 1.807) is 0 Å². The van der Waals surface area contributed by atoms with Gasteiger partial charge in [-0.05, 0) is 0 Å². The predicted octanol–water partition coefficient (Wildman–Crippen LogP) is -0.377. The van der Waals surface area contributed by atoms with E-state index in [1.165, 1.54) is 17.1 Å². The number of halogens is 1. The average molecular weight is 210 g/mol. The van der Waals surface area contributed by atoms with Gasteiger partial charge in [-0.25, -0.2) is 9.71 Å². The fourth-order valence-electron chi connectivity index (χ4n) is 0.549. The van der Waals surface area contributed by atoms with Gasteiger partial charge in [0.1, 0.15) is 0 Å². The molecule has 0 aromatic carbocycles. The topological polar surface area (TPSA) is 91.9 Å². The zero-order valence-electron chi connectivity index (χ0n) is 5.61. The number of aromatic amines is 1. The predicted molar refractivity (Wildman–Crippen MR) is 40.8 cm³/mol. The highest BCUT2D eigenvalue weighted by atomic mass is 35.7. The first-order valence-electron chi connectivity index (χ1n) is 2.75. The third kappa shape index (κ3) is 2.51. The lowest BCUT2D eigenvalue weighted by Gasteiger charge is -1.95. The number of amides is 1. The Hall–Kier alpha value is -1.08. The van der Waals surface area contributed by atoms with Gasteiger partial charge >= 0.3 is 15.1 Å². The Kier molecular flexibility index (Phi) is 2.34. The molecule has 1 aromatic heterocycles. The summed E-state index contributed by atoms with van der Waals surface area (Å²) in [4.78, 5) is 16.8. The smallest absolute Gasteiger partial charge is 0.321 e. The largest absolute Gasteiger partial charge is 0.341 e. The molecule has 0 atom stereocenters. The van der Waals surface area contributed by atoms with Crippen LogP contribution < -0.4 is 4.72 Å². The Morgan fingerprint density at radius 1 is 1.67 bits per heavy atom. The molecule has 0 aliphatic rings. The van der Waals surface area contributed by atoms with E-state index in [4.69, 9.17) is 10.7 Å². The monoisotopic (exact) mass is 209 g/mol. The fraction of sp³-hybridized carbons (Fsp3) is 0. The van der Waals surface area contributed by atoms with E-state index in [-0.39, 0.29) is 5.82 Å². The summed E-state index contributed by atoms with van der Waals surface area (Å²) < 4.78 is 22.2.